The Kier molecular flexibility index (Phi) is 5.54. The standard InChI is InChI=1S/C20H18N8O3.CH4/c1-27-16-7-13-14(24-26-23-13)8-17(16)31-10-15(20(27)30)22-19(29)18-21-11-28(25-18)9-12-5-3-2-4-6-12;/h2-8,11,15H,9-10H2,1H3,(H,22,29)(H,23,24,26);1H4/t15-;/m0./s1. The summed E-state index contributed by atoms with van der Waals surface area (Å²) in [7, 11) is 1.62. The van der Waals surface area contributed by atoms with Crippen LogP contribution in [0.15, 0.2) is 48.8 Å². The van der Waals surface area contributed by atoms with Crippen LogP contribution >= 0.6 is 0 Å². The van der Waals surface area contributed by atoms with Crippen molar-refractivity contribution in [3.05, 3.63) is 60.2 Å². The average molecular weight is 434 g/mol. The van der Waals surface area contributed by atoms with Crippen molar-refractivity contribution in [1.82, 2.24) is 35.5 Å². The Labute approximate surface area is 183 Å². The summed E-state index contributed by atoms with van der Waals surface area (Å²) in [6.07, 6.45) is 1.48. The maximum atomic E-state index is 12.9. The minimum Gasteiger partial charge on any atom is -0.489 e. The number of amides is 2. The second-order valence-corrected chi connectivity index (χ2v) is 7.12. The minimum atomic E-state index is -0.896. The fourth-order valence-electron chi connectivity index (χ4n) is 3.40. The Balaban J connectivity index is 0.00000245. The Morgan fingerprint density at radius 2 is 1.97 bits per heavy atom. The molecule has 0 unspecified atom stereocenters. The number of rotatable bonds is 4. The number of benzene rings is 2. The van der Waals surface area contributed by atoms with Gasteiger partial charge in [0.25, 0.3) is 11.8 Å². The van der Waals surface area contributed by atoms with E-state index >= 15 is 0 Å². The Morgan fingerprint density at radius 1 is 1.22 bits per heavy atom. The van der Waals surface area contributed by atoms with Crippen LogP contribution in [0, 0.1) is 0 Å². The lowest BCUT2D eigenvalue weighted by molar-refractivity contribution is -0.120. The van der Waals surface area contributed by atoms with Crippen LogP contribution in [-0.4, -0.2) is 61.7 Å². The molecule has 5 rings (SSSR count). The van der Waals surface area contributed by atoms with Gasteiger partial charge in [0.05, 0.1) is 12.2 Å². The smallest absolute Gasteiger partial charge is 0.291 e. The number of aromatic nitrogens is 6. The van der Waals surface area contributed by atoms with Gasteiger partial charge < -0.3 is 15.0 Å². The average Bonchev–Trinajstić information content (AvgIpc) is 3.42. The third-order valence-corrected chi connectivity index (χ3v) is 5.02. The molecule has 0 spiro atoms. The molecule has 1 atom stereocenters. The molecule has 0 saturated heterocycles. The van der Waals surface area contributed by atoms with E-state index in [1.165, 1.54) is 11.2 Å². The van der Waals surface area contributed by atoms with E-state index < -0.39 is 11.9 Å². The molecule has 2 aromatic carbocycles. The van der Waals surface area contributed by atoms with Crippen LogP contribution in [0.2, 0.25) is 0 Å². The summed E-state index contributed by atoms with van der Waals surface area (Å²) >= 11 is 0. The number of hydrogen-bond donors (Lipinski definition) is 2. The van der Waals surface area contributed by atoms with Gasteiger partial charge in [-0.2, -0.15) is 15.4 Å². The second kappa shape index (κ2) is 8.46. The number of H-pyrrole nitrogens is 1. The van der Waals surface area contributed by atoms with Crippen LogP contribution < -0.4 is 15.0 Å². The largest absolute Gasteiger partial charge is 0.489 e. The van der Waals surface area contributed by atoms with E-state index in [2.05, 4.69) is 30.8 Å². The molecule has 164 valence electrons. The molecular formula is C21H22N8O3. The van der Waals surface area contributed by atoms with Crippen molar-refractivity contribution in [1.29, 1.82) is 0 Å². The van der Waals surface area contributed by atoms with Gasteiger partial charge in [0.2, 0.25) is 5.82 Å². The molecule has 0 bridgehead atoms. The van der Waals surface area contributed by atoms with Gasteiger partial charge in [0.15, 0.2) is 0 Å². The van der Waals surface area contributed by atoms with Crippen molar-refractivity contribution in [2.75, 3.05) is 18.6 Å². The summed E-state index contributed by atoms with van der Waals surface area (Å²) in [6, 6.07) is 12.2. The van der Waals surface area contributed by atoms with E-state index in [0.717, 1.165) is 5.56 Å². The topological polar surface area (TPSA) is 131 Å². The highest BCUT2D eigenvalue weighted by Crippen LogP contribution is 2.33. The highest BCUT2D eigenvalue weighted by Gasteiger charge is 2.32. The van der Waals surface area contributed by atoms with Gasteiger partial charge in [0, 0.05) is 13.1 Å². The summed E-state index contributed by atoms with van der Waals surface area (Å²) in [5, 5.41) is 17.5. The number of fused-ring (bicyclic) bond motifs is 2. The quantitative estimate of drug-likeness (QED) is 0.496. The summed E-state index contributed by atoms with van der Waals surface area (Å²) in [5.41, 5.74) is 2.81. The number of aromatic amines is 1. The molecule has 11 nitrogen and oxygen atoms in total. The molecule has 4 aromatic rings. The highest BCUT2D eigenvalue weighted by atomic mass is 16.5. The van der Waals surface area contributed by atoms with E-state index in [-0.39, 0.29) is 25.8 Å². The van der Waals surface area contributed by atoms with Crippen LogP contribution in [0.1, 0.15) is 23.6 Å². The molecule has 32 heavy (non-hydrogen) atoms. The number of carbonyl (C=O) groups excluding carboxylic acids is 2. The lowest BCUT2D eigenvalue weighted by atomic mass is 10.2. The Hall–Kier alpha value is -4.28. The number of hydrogen-bond acceptors (Lipinski definition) is 7. The number of likely N-dealkylation sites (N-methyl/N-ethyl adjacent to an activating group) is 1. The monoisotopic (exact) mass is 434 g/mol. The molecule has 0 radical (unpaired) electrons. The summed E-state index contributed by atoms with van der Waals surface area (Å²) < 4.78 is 7.37. The summed E-state index contributed by atoms with van der Waals surface area (Å²) in [4.78, 5) is 31.1. The Bertz CT molecular complexity index is 1270. The van der Waals surface area contributed by atoms with Gasteiger partial charge >= 0.3 is 0 Å². The molecule has 2 amide bonds. The van der Waals surface area contributed by atoms with Crippen LogP contribution in [-0.2, 0) is 11.3 Å². The number of nitrogens with one attached hydrogen (secondary N) is 2. The Morgan fingerprint density at radius 3 is 2.75 bits per heavy atom. The zero-order chi connectivity index (χ0) is 21.4. The lowest BCUT2D eigenvalue weighted by Crippen LogP contribution is -2.49. The van der Waals surface area contributed by atoms with Crippen LogP contribution in [0.25, 0.3) is 11.0 Å². The van der Waals surface area contributed by atoms with E-state index in [9.17, 15) is 9.59 Å². The second-order valence-electron chi connectivity index (χ2n) is 7.12. The van der Waals surface area contributed by atoms with Gasteiger partial charge in [0.1, 0.15) is 35.8 Å². The van der Waals surface area contributed by atoms with Crippen molar-refractivity contribution >= 4 is 28.5 Å². The predicted octanol–water partition coefficient (Wildman–Crippen LogP) is 1.39. The first-order valence-corrected chi connectivity index (χ1v) is 9.57. The predicted molar refractivity (Wildman–Crippen MR) is 116 cm³/mol. The number of carbonyl (C=O) groups is 2. The molecule has 0 aliphatic carbocycles. The highest BCUT2D eigenvalue weighted by molar-refractivity contribution is 6.03. The molecule has 1 aliphatic heterocycles. The molecule has 11 heteroatoms. The molecule has 0 saturated carbocycles. The van der Waals surface area contributed by atoms with Gasteiger partial charge in [-0.15, -0.1) is 5.10 Å². The zero-order valence-corrected chi connectivity index (χ0v) is 16.5. The van der Waals surface area contributed by atoms with Crippen LogP contribution in [0.3, 0.4) is 0 Å². The summed E-state index contributed by atoms with van der Waals surface area (Å²) in [5.74, 6) is -0.404. The van der Waals surface area contributed by atoms with E-state index in [1.54, 1.807) is 23.9 Å². The summed E-state index contributed by atoms with van der Waals surface area (Å²) in [6.45, 7) is 0.455. The van der Waals surface area contributed by atoms with Crippen molar-refractivity contribution in [2.45, 2.75) is 20.0 Å². The van der Waals surface area contributed by atoms with Gasteiger partial charge in [-0.3, -0.25) is 9.59 Å². The SMILES string of the molecule is C.CN1C(=O)[C@@H](NC(=O)c2ncn(Cc3ccccc3)n2)COc2cc3n[nH]nc3cc21. The van der Waals surface area contributed by atoms with Crippen molar-refractivity contribution < 1.29 is 14.3 Å². The first-order valence-electron chi connectivity index (χ1n) is 9.57. The van der Waals surface area contributed by atoms with Crippen LogP contribution in [0.5, 0.6) is 5.75 Å². The first kappa shape index (κ1) is 21.0. The van der Waals surface area contributed by atoms with E-state index in [0.29, 0.717) is 29.0 Å². The normalized spacial score (nSPS) is 15.5. The molecule has 1 aliphatic rings. The fraction of sp³-hybridized carbons (Fsp3) is 0.238. The first-order chi connectivity index (χ1) is 15.1. The van der Waals surface area contributed by atoms with Crippen molar-refractivity contribution in [2.24, 2.45) is 0 Å². The van der Waals surface area contributed by atoms with Crippen molar-refractivity contribution in [3.63, 3.8) is 0 Å². The molecular weight excluding hydrogens is 412 g/mol. The fourth-order valence-corrected chi connectivity index (χ4v) is 3.40. The third kappa shape index (κ3) is 3.87. The third-order valence-electron chi connectivity index (χ3n) is 5.02. The maximum absolute atomic E-state index is 12.9. The molecule has 3 heterocycles. The van der Waals surface area contributed by atoms with Gasteiger partial charge in [-0.1, -0.05) is 37.8 Å². The number of ether oxygens (including phenoxy) is 1. The molecule has 2 aromatic heterocycles. The lowest BCUT2D eigenvalue weighted by Gasteiger charge is -2.19. The van der Waals surface area contributed by atoms with Gasteiger partial charge in [-0.05, 0) is 11.6 Å². The van der Waals surface area contributed by atoms with Gasteiger partial charge in [-0.25, -0.2) is 9.67 Å². The molecule has 2 N–H and O–H groups in total. The van der Waals surface area contributed by atoms with E-state index in [1.807, 2.05) is 30.3 Å². The number of nitrogens with zero attached hydrogens (tertiary/aromatic N) is 6. The van der Waals surface area contributed by atoms with E-state index in [4.69, 9.17) is 4.74 Å². The molecule has 0 fully saturated rings. The minimum absolute atomic E-state index is 0. The number of anilines is 1. The maximum Gasteiger partial charge on any atom is 0.291 e. The van der Waals surface area contributed by atoms with Crippen molar-refractivity contribution in [3.8, 4) is 5.75 Å². The zero-order valence-electron chi connectivity index (χ0n) is 16.5. The van der Waals surface area contributed by atoms with Crippen LogP contribution in [0.4, 0.5) is 5.69 Å².